The van der Waals surface area contributed by atoms with E-state index in [1.807, 2.05) is 54.7 Å². The van der Waals surface area contributed by atoms with E-state index in [1.165, 1.54) is 0 Å². The van der Waals surface area contributed by atoms with Crippen molar-refractivity contribution in [1.82, 2.24) is 4.98 Å². The molecule has 0 bridgehead atoms. The fraction of sp³-hybridized carbons (Fsp3) is 0. The molecule has 0 aliphatic carbocycles. The van der Waals surface area contributed by atoms with Crippen molar-refractivity contribution in [2.45, 2.75) is 0 Å². The lowest BCUT2D eigenvalue weighted by Crippen LogP contribution is -1.75. The van der Waals surface area contributed by atoms with E-state index in [9.17, 15) is 0 Å². The molecular weight excluding hydrogens is 277 g/mol. The molecule has 0 aliphatic rings. The summed E-state index contributed by atoms with van der Waals surface area (Å²) in [4.78, 5) is 3.27. The molecule has 0 spiro atoms. The molecule has 94 valence electrons. The summed E-state index contributed by atoms with van der Waals surface area (Å²) in [7, 11) is 0. The van der Waals surface area contributed by atoms with Gasteiger partial charge in [0, 0.05) is 21.9 Å². The van der Waals surface area contributed by atoms with E-state index < -0.39 is 0 Å². The Hall–Kier alpha value is -1.70. The van der Waals surface area contributed by atoms with Crippen LogP contribution in [0.2, 0.25) is 10.0 Å². The minimum Gasteiger partial charge on any atom is -0.361 e. The standard InChI is InChI=1S/C16H11Cl2N/c17-14-5-1-3-11(7-14)13-9-16(19-10-13)12-4-2-6-15(18)8-12/h1-10,19H. The summed E-state index contributed by atoms with van der Waals surface area (Å²) in [6, 6.07) is 17.7. The van der Waals surface area contributed by atoms with E-state index in [4.69, 9.17) is 23.2 Å². The largest absolute Gasteiger partial charge is 0.361 e. The zero-order chi connectivity index (χ0) is 13.2. The summed E-state index contributed by atoms with van der Waals surface area (Å²) in [6.07, 6.45) is 1.97. The van der Waals surface area contributed by atoms with Gasteiger partial charge < -0.3 is 4.98 Å². The number of aromatic amines is 1. The van der Waals surface area contributed by atoms with Crippen LogP contribution in [-0.4, -0.2) is 4.98 Å². The SMILES string of the molecule is Clc1cccc(-c2c[nH]c(-c3cccc(Cl)c3)c2)c1. The van der Waals surface area contributed by atoms with Crippen LogP contribution in [0.1, 0.15) is 0 Å². The maximum absolute atomic E-state index is 6.01. The molecule has 3 aromatic rings. The zero-order valence-electron chi connectivity index (χ0n) is 10.0. The van der Waals surface area contributed by atoms with Crippen LogP contribution in [0.15, 0.2) is 60.8 Å². The topological polar surface area (TPSA) is 15.8 Å². The number of rotatable bonds is 2. The van der Waals surface area contributed by atoms with Crippen molar-refractivity contribution in [2.75, 3.05) is 0 Å². The Kier molecular flexibility index (Phi) is 3.33. The molecular formula is C16H11Cl2N. The molecule has 2 aromatic carbocycles. The summed E-state index contributed by atoms with van der Waals surface area (Å²) < 4.78 is 0. The van der Waals surface area contributed by atoms with Crippen molar-refractivity contribution in [3.63, 3.8) is 0 Å². The van der Waals surface area contributed by atoms with Crippen LogP contribution >= 0.6 is 23.2 Å². The molecule has 3 heteroatoms. The maximum Gasteiger partial charge on any atom is 0.0460 e. The van der Waals surface area contributed by atoms with Gasteiger partial charge in [-0.3, -0.25) is 0 Å². The van der Waals surface area contributed by atoms with E-state index in [1.54, 1.807) is 0 Å². The minimum absolute atomic E-state index is 0.733. The predicted octanol–water partition coefficient (Wildman–Crippen LogP) is 5.66. The van der Waals surface area contributed by atoms with Crippen molar-refractivity contribution in [3.05, 3.63) is 70.8 Å². The summed E-state index contributed by atoms with van der Waals surface area (Å²) in [5.74, 6) is 0. The van der Waals surface area contributed by atoms with Crippen molar-refractivity contribution in [3.8, 4) is 22.4 Å². The van der Waals surface area contributed by atoms with E-state index in [0.717, 1.165) is 32.4 Å². The monoisotopic (exact) mass is 287 g/mol. The van der Waals surface area contributed by atoms with Crippen molar-refractivity contribution in [1.29, 1.82) is 0 Å². The van der Waals surface area contributed by atoms with Gasteiger partial charge in [-0.25, -0.2) is 0 Å². The van der Waals surface area contributed by atoms with E-state index >= 15 is 0 Å². The van der Waals surface area contributed by atoms with Gasteiger partial charge in [-0.1, -0.05) is 47.5 Å². The van der Waals surface area contributed by atoms with Crippen LogP contribution < -0.4 is 0 Å². The molecule has 0 atom stereocenters. The minimum atomic E-state index is 0.733. The summed E-state index contributed by atoms with van der Waals surface area (Å²) in [5.41, 5.74) is 4.31. The lowest BCUT2D eigenvalue weighted by molar-refractivity contribution is 1.40. The quantitative estimate of drug-likeness (QED) is 0.626. The second-order valence-corrected chi connectivity index (χ2v) is 5.20. The molecule has 1 nitrogen and oxygen atoms in total. The normalized spacial score (nSPS) is 10.6. The molecule has 0 aliphatic heterocycles. The van der Waals surface area contributed by atoms with Gasteiger partial charge in [0.2, 0.25) is 0 Å². The molecule has 3 rings (SSSR count). The number of halogens is 2. The fourth-order valence-electron chi connectivity index (χ4n) is 2.05. The van der Waals surface area contributed by atoms with Crippen LogP contribution in [0.3, 0.4) is 0 Å². The van der Waals surface area contributed by atoms with Crippen molar-refractivity contribution >= 4 is 23.2 Å². The van der Waals surface area contributed by atoms with Crippen molar-refractivity contribution in [2.24, 2.45) is 0 Å². The van der Waals surface area contributed by atoms with Crippen LogP contribution in [0, 0.1) is 0 Å². The maximum atomic E-state index is 6.01. The van der Waals surface area contributed by atoms with Crippen LogP contribution in [0.25, 0.3) is 22.4 Å². The number of nitrogens with one attached hydrogen (secondary N) is 1. The highest BCUT2D eigenvalue weighted by Crippen LogP contribution is 2.28. The second-order valence-electron chi connectivity index (χ2n) is 4.32. The Morgan fingerprint density at radius 3 is 2.00 bits per heavy atom. The van der Waals surface area contributed by atoms with Gasteiger partial charge in [-0.15, -0.1) is 0 Å². The van der Waals surface area contributed by atoms with Crippen LogP contribution in [0.4, 0.5) is 0 Å². The molecule has 19 heavy (non-hydrogen) atoms. The second kappa shape index (κ2) is 5.12. The molecule has 0 saturated carbocycles. The number of benzene rings is 2. The number of hydrogen-bond donors (Lipinski definition) is 1. The first-order valence-corrected chi connectivity index (χ1v) is 6.68. The van der Waals surface area contributed by atoms with Crippen LogP contribution in [-0.2, 0) is 0 Å². The van der Waals surface area contributed by atoms with Crippen LogP contribution in [0.5, 0.6) is 0 Å². The molecule has 0 unspecified atom stereocenters. The lowest BCUT2D eigenvalue weighted by Gasteiger charge is -1.99. The van der Waals surface area contributed by atoms with Gasteiger partial charge in [0.25, 0.3) is 0 Å². The number of H-pyrrole nitrogens is 1. The van der Waals surface area contributed by atoms with Gasteiger partial charge in [0.15, 0.2) is 0 Å². The highest BCUT2D eigenvalue weighted by atomic mass is 35.5. The smallest absolute Gasteiger partial charge is 0.0460 e. The third kappa shape index (κ3) is 2.67. The van der Waals surface area contributed by atoms with E-state index in [2.05, 4.69) is 11.1 Å². The highest BCUT2D eigenvalue weighted by Gasteiger charge is 2.04. The highest BCUT2D eigenvalue weighted by molar-refractivity contribution is 6.31. The van der Waals surface area contributed by atoms with Gasteiger partial charge in [0.05, 0.1) is 0 Å². The Labute approximate surface area is 121 Å². The molecule has 1 N–H and O–H groups in total. The van der Waals surface area contributed by atoms with Gasteiger partial charge in [-0.05, 0) is 47.0 Å². The first-order chi connectivity index (χ1) is 9.22. The predicted molar refractivity (Wildman–Crippen MR) is 81.7 cm³/mol. The molecule has 1 heterocycles. The van der Waals surface area contributed by atoms with E-state index in [0.29, 0.717) is 0 Å². The average Bonchev–Trinajstić information content (AvgIpc) is 2.88. The Bertz CT molecular complexity index is 656. The van der Waals surface area contributed by atoms with Gasteiger partial charge in [0.1, 0.15) is 0 Å². The summed E-state index contributed by atoms with van der Waals surface area (Å²) in [5, 5.41) is 1.47. The third-order valence-corrected chi connectivity index (χ3v) is 3.45. The number of aromatic nitrogens is 1. The molecule has 0 amide bonds. The third-order valence-electron chi connectivity index (χ3n) is 2.98. The van der Waals surface area contributed by atoms with Gasteiger partial charge in [-0.2, -0.15) is 0 Å². The lowest BCUT2D eigenvalue weighted by atomic mass is 10.1. The Morgan fingerprint density at radius 1 is 0.684 bits per heavy atom. The zero-order valence-corrected chi connectivity index (χ0v) is 11.5. The Morgan fingerprint density at radius 2 is 1.32 bits per heavy atom. The molecule has 0 fully saturated rings. The fourth-order valence-corrected chi connectivity index (χ4v) is 2.43. The van der Waals surface area contributed by atoms with Gasteiger partial charge >= 0.3 is 0 Å². The Balaban J connectivity index is 2.00. The first-order valence-electron chi connectivity index (χ1n) is 5.93. The number of hydrogen-bond acceptors (Lipinski definition) is 0. The molecule has 1 aromatic heterocycles. The molecule has 0 saturated heterocycles. The summed E-state index contributed by atoms with van der Waals surface area (Å²) in [6.45, 7) is 0. The first kappa shape index (κ1) is 12.3. The summed E-state index contributed by atoms with van der Waals surface area (Å²) >= 11 is 12.0. The average molecular weight is 288 g/mol. The van der Waals surface area contributed by atoms with Crippen molar-refractivity contribution < 1.29 is 0 Å². The van der Waals surface area contributed by atoms with E-state index in [-0.39, 0.29) is 0 Å². The molecule has 0 radical (unpaired) electrons.